The second kappa shape index (κ2) is 5.18. The summed E-state index contributed by atoms with van der Waals surface area (Å²) >= 11 is 0. The fourth-order valence-electron chi connectivity index (χ4n) is 4.67. The lowest BCUT2D eigenvalue weighted by molar-refractivity contribution is 0.337. The lowest BCUT2D eigenvalue weighted by Crippen LogP contribution is -2.29. The molecule has 0 aliphatic heterocycles. The molecule has 3 aliphatic rings. The highest BCUT2D eigenvalue weighted by atomic mass is 14.9. The van der Waals surface area contributed by atoms with Gasteiger partial charge in [0, 0.05) is 6.04 Å². The van der Waals surface area contributed by atoms with Crippen molar-refractivity contribution in [3.05, 3.63) is 35.4 Å². The van der Waals surface area contributed by atoms with Gasteiger partial charge in [-0.3, -0.25) is 0 Å². The first-order chi connectivity index (χ1) is 9.86. The van der Waals surface area contributed by atoms with E-state index >= 15 is 0 Å². The van der Waals surface area contributed by atoms with Crippen LogP contribution in [-0.4, -0.2) is 6.54 Å². The van der Waals surface area contributed by atoms with Crippen LogP contribution in [0.5, 0.6) is 0 Å². The van der Waals surface area contributed by atoms with Crippen molar-refractivity contribution in [3.63, 3.8) is 0 Å². The van der Waals surface area contributed by atoms with Crippen LogP contribution in [-0.2, 0) is 0 Å². The highest BCUT2D eigenvalue weighted by Gasteiger charge is 2.48. The zero-order chi connectivity index (χ0) is 13.5. The van der Waals surface area contributed by atoms with Gasteiger partial charge in [-0.25, -0.2) is 0 Å². The highest BCUT2D eigenvalue weighted by molar-refractivity contribution is 5.35. The zero-order valence-corrected chi connectivity index (χ0v) is 12.6. The van der Waals surface area contributed by atoms with Crippen molar-refractivity contribution in [2.24, 2.45) is 17.8 Å². The van der Waals surface area contributed by atoms with Gasteiger partial charge >= 0.3 is 0 Å². The molecule has 1 aromatic rings. The van der Waals surface area contributed by atoms with Crippen LogP contribution in [0.3, 0.4) is 0 Å². The highest BCUT2D eigenvalue weighted by Crippen LogP contribution is 2.57. The van der Waals surface area contributed by atoms with Gasteiger partial charge in [0.2, 0.25) is 0 Å². The molecule has 0 bridgehead atoms. The first-order valence-corrected chi connectivity index (χ1v) is 8.69. The first kappa shape index (κ1) is 12.9. The van der Waals surface area contributed by atoms with Crippen LogP contribution >= 0.6 is 0 Å². The van der Waals surface area contributed by atoms with Gasteiger partial charge in [-0.2, -0.15) is 0 Å². The van der Waals surface area contributed by atoms with Crippen molar-refractivity contribution in [2.45, 2.75) is 57.4 Å². The van der Waals surface area contributed by atoms with Crippen LogP contribution in [0.15, 0.2) is 24.3 Å². The van der Waals surface area contributed by atoms with E-state index < -0.39 is 0 Å². The molecule has 3 saturated carbocycles. The SMILES string of the molecule is CCNC(c1ccccc1C1CCC1)C1CC2CC2C1. The Bertz CT molecular complexity index is 466. The molecule has 1 aromatic carbocycles. The third-order valence-corrected chi connectivity index (χ3v) is 6.05. The molecular weight excluding hydrogens is 242 g/mol. The van der Waals surface area contributed by atoms with E-state index in [1.54, 1.807) is 11.1 Å². The van der Waals surface area contributed by atoms with Crippen molar-refractivity contribution >= 4 is 0 Å². The lowest BCUT2D eigenvalue weighted by Gasteiger charge is -2.33. The van der Waals surface area contributed by atoms with Crippen molar-refractivity contribution < 1.29 is 0 Å². The first-order valence-electron chi connectivity index (χ1n) is 8.69. The molecule has 1 heteroatoms. The predicted molar refractivity (Wildman–Crippen MR) is 83.8 cm³/mol. The second-order valence-corrected chi connectivity index (χ2v) is 7.28. The average molecular weight is 269 g/mol. The van der Waals surface area contributed by atoms with Gasteiger partial charge in [0.15, 0.2) is 0 Å². The molecule has 0 heterocycles. The van der Waals surface area contributed by atoms with E-state index in [9.17, 15) is 0 Å². The molecule has 0 radical (unpaired) electrons. The van der Waals surface area contributed by atoms with Crippen LogP contribution in [0.25, 0.3) is 0 Å². The normalized spacial score (nSPS) is 33.5. The monoisotopic (exact) mass is 269 g/mol. The number of nitrogens with one attached hydrogen (secondary N) is 1. The smallest absolute Gasteiger partial charge is 0.0351 e. The van der Waals surface area contributed by atoms with Crippen molar-refractivity contribution in [1.29, 1.82) is 0 Å². The molecule has 0 spiro atoms. The summed E-state index contributed by atoms with van der Waals surface area (Å²) in [5.41, 5.74) is 3.29. The Hall–Kier alpha value is -0.820. The minimum absolute atomic E-state index is 0.615. The quantitative estimate of drug-likeness (QED) is 0.820. The van der Waals surface area contributed by atoms with Gasteiger partial charge in [-0.05, 0) is 73.4 Å². The molecule has 20 heavy (non-hydrogen) atoms. The van der Waals surface area contributed by atoms with E-state index in [4.69, 9.17) is 0 Å². The average Bonchev–Trinajstić information content (AvgIpc) is 3.02. The maximum Gasteiger partial charge on any atom is 0.0351 e. The van der Waals surface area contributed by atoms with Crippen LogP contribution in [0.1, 0.15) is 68.5 Å². The second-order valence-electron chi connectivity index (χ2n) is 7.28. The molecule has 1 N–H and O–H groups in total. The summed E-state index contributed by atoms with van der Waals surface area (Å²) in [7, 11) is 0. The summed E-state index contributed by atoms with van der Waals surface area (Å²) in [5.74, 6) is 3.90. The Balaban J connectivity index is 1.61. The molecule has 3 atom stereocenters. The topological polar surface area (TPSA) is 12.0 Å². The summed E-state index contributed by atoms with van der Waals surface area (Å²) in [6.07, 6.45) is 8.72. The van der Waals surface area contributed by atoms with Gasteiger partial charge in [0.25, 0.3) is 0 Å². The number of benzene rings is 1. The van der Waals surface area contributed by atoms with Gasteiger partial charge < -0.3 is 5.32 Å². The van der Waals surface area contributed by atoms with Gasteiger partial charge in [0.05, 0.1) is 0 Å². The number of rotatable bonds is 5. The molecule has 4 rings (SSSR count). The Morgan fingerprint density at radius 2 is 1.85 bits per heavy atom. The summed E-state index contributed by atoms with van der Waals surface area (Å²) in [5, 5.41) is 3.83. The number of fused-ring (bicyclic) bond motifs is 1. The molecule has 0 aromatic heterocycles. The van der Waals surface area contributed by atoms with E-state index in [0.717, 1.165) is 30.2 Å². The van der Waals surface area contributed by atoms with Crippen molar-refractivity contribution in [2.75, 3.05) is 6.54 Å². The molecular formula is C19H27N. The largest absolute Gasteiger partial charge is 0.310 e. The molecule has 0 amide bonds. The Morgan fingerprint density at radius 1 is 1.10 bits per heavy atom. The van der Waals surface area contributed by atoms with E-state index in [-0.39, 0.29) is 0 Å². The third-order valence-electron chi connectivity index (χ3n) is 6.05. The Kier molecular flexibility index (Phi) is 3.34. The maximum atomic E-state index is 3.83. The summed E-state index contributed by atoms with van der Waals surface area (Å²) in [6, 6.07) is 9.91. The van der Waals surface area contributed by atoms with Gasteiger partial charge in [0.1, 0.15) is 0 Å². The summed E-state index contributed by atoms with van der Waals surface area (Å²) in [4.78, 5) is 0. The molecule has 1 nitrogen and oxygen atoms in total. The molecule has 0 saturated heterocycles. The van der Waals surface area contributed by atoms with Crippen molar-refractivity contribution in [3.8, 4) is 0 Å². The fourth-order valence-corrected chi connectivity index (χ4v) is 4.67. The Morgan fingerprint density at radius 3 is 2.50 bits per heavy atom. The number of hydrogen-bond acceptors (Lipinski definition) is 1. The minimum Gasteiger partial charge on any atom is -0.310 e. The van der Waals surface area contributed by atoms with Gasteiger partial charge in [-0.15, -0.1) is 0 Å². The third kappa shape index (κ3) is 2.20. The van der Waals surface area contributed by atoms with E-state index in [2.05, 4.69) is 36.5 Å². The predicted octanol–water partition coefficient (Wildman–Crippen LogP) is 4.65. The molecule has 108 valence electrons. The lowest BCUT2D eigenvalue weighted by atomic mass is 9.75. The molecule has 3 fully saturated rings. The molecule has 3 aliphatic carbocycles. The van der Waals surface area contributed by atoms with E-state index in [0.29, 0.717) is 6.04 Å². The van der Waals surface area contributed by atoms with Crippen LogP contribution < -0.4 is 5.32 Å². The van der Waals surface area contributed by atoms with Gasteiger partial charge in [-0.1, -0.05) is 37.6 Å². The summed E-state index contributed by atoms with van der Waals surface area (Å²) in [6.45, 7) is 3.35. The van der Waals surface area contributed by atoms with Crippen LogP contribution in [0.4, 0.5) is 0 Å². The molecule has 3 unspecified atom stereocenters. The van der Waals surface area contributed by atoms with Crippen LogP contribution in [0, 0.1) is 17.8 Å². The minimum atomic E-state index is 0.615. The number of hydrogen-bond donors (Lipinski definition) is 1. The van der Waals surface area contributed by atoms with E-state index in [1.165, 1.54) is 38.5 Å². The van der Waals surface area contributed by atoms with E-state index in [1.807, 2.05) is 0 Å². The zero-order valence-electron chi connectivity index (χ0n) is 12.6. The standard InChI is InChI=1S/C19H27N/c1-2-20-19(16-11-14-10-15(14)12-16)18-9-4-3-8-17(18)13-6-5-7-13/h3-4,8-9,13-16,19-20H,2,5-7,10-12H2,1H3. The fraction of sp³-hybridized carbons (Fsp3) is 0.684. The maximum absolute atomic E-state index is 3.83. The van der Waals surface area contributed by atoms with Crippen molar-refractivity contribution in [1.82, 2.24) is 5.32 Å². The Labute approximate surface area is 123 Å². The summed E-state index contributed by atoms with van der Waals surface area (Å²) < 4.78 is 0. The van der Waals surface area contributed by atoms with Crippen LogP contribution in [0.2, 0.25) is 0 Å².